The maximum atomic E-state index is 9.26. The molecule has 0 spiro atoms. The van der Waals surface area contributed by atoms with Gasteiger partial charge >= 0.3 is 0 Å². The van der Waals surface area contributed by atoms with E-state index < -0.39 is 5.60 Å². The van der Waals surface area contributed by atoms with Crippen LogP contribution in [-0.2, 0) is 4.74 Å². The van der Waals surface area contributed by atoms with E-state index in [1.54, 1.807) is 13.8 Å². The molecule has 12 heavy (non-hydrogen) atoms. The molecule has 0 atom stereocenters. The van der Waals surface area contributed by atoms with Gasteiger partial charge in [-0.3, -0.25) is 0 Å². The van der Waals surface area contributed by atoms with Crippen LogP contribution in [0.5, 0.6) is 0 Å². The fraction of sp³-hybridized carbons (Fsp3) is 0.600. The average molecular weight is 170 g/mol. The summed E-state index contributed by atoms with van der Waals surface area (Å²) < 4.78 is 5.17. The van der Waals surface area contributed by atoms with E-state index in [9.17, 15) is 5.11 Å². The van der Waals surface area contributed by atoms with Crippen LogP contribution in [0, 0.1) is 0 Å². The Morgan fingerprint density at radius 2 is 2.17 bits per heavy atom. The highest BCUT2D eigenvalue weighted by atomic mass is 16.5. The van der Waals surface area contributed by atoms with Crippen molar-refractivity contribution in [3.8, 4) is 0 Å². The van der Waals surface area contributed by atoms with E-state index in [0.29, 0.717) is 13.2 Å². The fourth-order valence-corrected chi connectivity index (χ4v) is 0.626. The Morgan fingerprint density at radius 1 is 1.58 bits per heavy atom. The predicted molar refractivity (Wildman–Crippen MR) is 51.1 cm³/mol. The van der Waals surface area contributed by atoms with Crippen molar-refractivity contribution < 1.29 is 9.84 Å². The summed E-state index contributed by atoms with van der Waals surface area (Å²) >= 11 is 0. The van der Waals surface area contributed by atoms with E-state index in [4.69, 9.17) is 4.74 Å². The molecule has 2 nitrogen and oxygen atoms in total. The minimum Gasteiger partial charge on any atom is -0.388 e. The molecule has 0 saturated carbocycles. The van der Waals surface area contributed by atoms with Gasteiger partial charge in [0.05, 0.1) is 18.8 Å². The van der Waals surface area contributed by atoms with Crippen LogP contribution in [0.25, 0.3) is 0 Å². The molecule has 1 N–H and O–H groups in total. The third-order valence-corrected chi connectivity index (χ3v) is 1.07. The van der Waals surface area contributed by atoms with Crippen LogP contribution in [0.1, 0.15) is 20.8 Å². The van der Waals surface area contributed by atoms with Crippen molar-refractivity contribution in [2.24, 2.45) is 0 Å². The molecule has 0 saturated heterocycles. The molecule has 0 heterocycles. The molecule has 0 aromatic heterocycles. The Balaban J connectivity index is 3.40. The number of aliphatic hydroxyl groups is 1. The van der Waals surface area contributed by atoms with E-state index in [0.717, 1.165) is 5.57 Å². The van der Waals surface area contributed by atoms with Gasteiger partial charge in [0.1, 0.15) is 0 Å². The van der Waals surface area contributed by atoms with Crippen LogP contribution in [0.2, 0.25) is 0 Å². The second kappa shape index (κ2) is 5.12. The van der Waals surface area contributed by atoms with Gasteiger partial charge in [-0.2, -0.15) is 0 Å². The van der Waals surface area contributed by atoms with Gasteiger partial charge in [0.15, 0.2) is 0 Å². The van der Waals surface area contributed by atoms with Crippen LogP contribution in [0.3, 0.4) is 0 Å². The lowest BCUT2D eigenvalue weighted by atomic mass is 10.2. The molecule has 0 unspecified atom stereocenters. The van der Waals surface area contributed by atoms with Crippen LogP contribution < -0.4 is 0 Å². The van der Waals surface area contributed by atoms with Gasteiger partial charge in [0.2, 0.25) is 0 Å². The Labute approximate surface area is 74.6 Å². The summed E-state index contributed by atoms with van der Waals surface area (Å²) in [6.45, 7) is 9.95. The van der Waals surface area contributed by atoms with E-state index >= 15 is 0 Å². The molecule has 0 fully saturated rings. The van der Waals surface area contributed by atoms with Gasteiger partial charge in [-0.1, -0.05) is 24.3 Å². The van der Waals surface area contributed by atoms with Crippen LogP contribution in [0.15, 0.2) is 24.3 Å². The molecule has 0 radical (unpaired) electrons. The van der Waals surface area contributed by atoms with Gasteiger partial charge in [0.25, 0.3) is 0 Å². The highest BCUT2D eigenvalue weighted by Gasteiger charge is 2.10. The van der Waals surface area contributed by atoms with Crippen molar-refractivity contribution in [3.63, 3.8) is 0 Å². The van der Waals surface area contributed by atoms with Crippen LogP contribution in [0.4, 0.5) is 0 Å². The zero-order valence-corrected chi connectivity index (χ0v) is 8.13. The second-order valence-electron chi connectivity index (χ2n) is 3.58. The number of allylic oxidation sites excluding steroid dienone is 2. The van der Waals surface area contributed by atoms with E-state index in [2.05, 4.69) is 6.58 Å². The summed E-state index contributed by atoms with van der Waals surface area (Å²) in [4.78, 5) is 0. The lowest BCUT2D eigenvalue weighted by Gasteiger charge is -2.15. The molecular weight excluding hydrogens is 152 g/mol. The maximum Gasteiger partial charge on any atom is 0.0824 e. The Hall–Kier alpha value is -0.600. The van der Waals surface area contributed by atoms with E-state index in [1.807, 2.05) is 19.1 Å². The molecule has 0 aromatic carbocycles. The van der Waals surface area contributed by atoms with Crippen molar-refractivity contribution in [1.29, 1.82) is 0 Å². The third kappa shape index (κ3) is 9.40. The summed E-state index contributed by atoms with van der Waals surface area (Å²) in [5.74, 6) is 0. The lowest BCUT2D eigenvalue weighted by Crippen LogP contribution is -2.25. The van der Waals surface area contributed by atoms with Crippen molar-refractivity contribution in [2.45, 2.75) is 26.4 Å². The zero-order valence-electron chi connectivity index (χ0n) is 8.13. The molecule has 0 aromatic rings. The van der Waals surface area contributed by atoms with Gasteiger partial charge in [-0.05, 0) is 20.8 Å². The van der Waals surface area contributed by atoms with Gasteiger partial charge in [-0.15, -0.1) is 0 Å². The molecule has 0 aliphatic heterocycles. The molecule has 0 aliphatic carbocycles. The molecule has 0 aliphatic rings. The molecule has 0 bridgehead atoms. The highest BCUT2D eigenvalue weighted by molar-refractivity contribution is 5.10. The van der Waals surface area contributed by atoms with Gasteiger partial charge < -0.3 is 9.84 Å². The summed E-state index contributed by atoms with van der Waals surface area (Å²) in [6.07, 6.45) is 3.78. The number of hydrogen-bond donors (Lipinski definition) is 1. The minimum absolute atomic E-state index is 0.355. The topological polar surface area (TPSA) is 29.5 Å². The summed E-state index contributed by atoms with van der Waals surface area (Å²) in [5.41, 5.74) is 0.263. The van der Waals surface area contributed by atoms with Crippen molar-refractivity contribution in [1.82, 2.24) is 0 Å². The number of rotatable bonds is 5. The Morgan fingerprint density at radius 3 is 2.58 bits per heavy atom. The average Bonchev–Trinajstić information content (AvgIpc) is 1.83. The first-order valence-corrected chi connectivity index (χ1v) is 4.04. The first-order valence-electron chi connectivity index (χ1n) is 4.04. The van der Waals surface area contributed by atoms with Crippen molar-refractivity contribution in [2.75, 3.05) is 13.2 Å². The normalized spacial score (nSPS) is 12.3. The molecule has 0 rings (SSSR count). The lowest BCUT2D eigenvalue weighted by molar-refractivity contribution is -0.0124. The Bertz CT molecular complexity index is 163. The molecular formula is C10H18O2. The minimum atomic E-state index is -0.739. The fourth-order valence-electron chi connectivity index (χ4n) is 0.626. The van der Waals surface area contributed by atoms with Crippen molar-refractivity contribution in [3.05, 3.63) is 24.3 Å². The maximum absolute atomic E-state index is 9.26. The highest BCUT2D eigenvalue weighted by Crippen LogP contribution is 2.00. The number of hydrogen-bond acceptors (Lipinski definition) is 2. The van der Waals surface area contributed by atoms with Crippen LogP contribution in [-0.4, -0.2) is 23.9 Å². The quantitative estimate of drug-likeness (QED) is 0.504. The zero-order chi connectivity index (χ0) is 9.61. The van der Waals surface area contributed by atoms with Crippen LogP contribution >= 0.6 is 0 Å². The summed E-state index contributed by atoms with van der Waals surface area (Å²) in [6, 6.07) is 0. The largest absolute Gasteiger partial charge is 0.388 e. The first-order chi connectivity index (χ1) is 5.42. The third-order valence-electron chi connectivity index (χ3n) is 1.07. The van der Waals surface area contributed by atoms with E-state index in [-0.39, 0.29) is 0 Å². The number of ether oxygens (including phenoxy) is 1. The SMILES string of the molecule is C=C(C)C=CCOCC(C)(C)O. The summed E-state index contributed by atoms with van der Waals surface area (Å²) in [5, 5.41) is 9.26. The standard InChI is InChI=1S/C10H18O2/c1-9(2)6-5-7-12-8-10(3,4)11/h5-6,11H,1,7-8H2,2-4H3. The van der Waals surface area contributed by atoms with Crippen molar-refractivity contribution >= 4 is 0 Å². The van der Waals surface area contributed by atoms with Gasteiger partial charge in [-0.25, -0.2) is 0 Å². The van der Waals surface area contributed by atoms with E-state index in [1.165, 1.54) is 0 Å². The Kier molecular flexibility index (Phi) is 4.86. The monoisotopic (exact) mass is 170 g/mol. The summed E-state index contributed by atoms with van der Waals surface area (Å²) in [7, 11) is 0. The van der Waals surface area contributed by atoms with Gasteiger partial charge in [0, 0.05) is 0 Å². The molecule has 0 amide bonds. The second-order valence-corrected chi connectivity index (χ2v) is 3.58. The predicted octanol–water partition coefficient (Wildman–Crippen LogP) is 1.91. The first kappa shape index (κ1) is 11.4. The molecule has 2 heteroatoms. The molecule has 70 valence electrons. The smallest absolute Gasteiger partial charge is 0.0824 e.